The number of carbonyl (C=O) groups is 3. The SMILES string of the molecule is CCOc1cc(/C=C2/SC(=O)N(Cc3c(Cl)cccc3Cl)C2=O)ccc1OCC(=O)O. The lowest BCUT2D eigenvalue weighted by Crippen LogP contribution is -2.27. The van der Waals surface area contributed by atoms with Crippen molar-refractivity contribution in [1.29, 1.82) is 0 Å². The molecule has 2 aromatic carbocycles. The Morgan fingerprint density at radius 3 is 2.48 bits per heavy atom. The Morgan fingerprint density at radius 2 is 1.84 bits per heavy atom. The van der Waals surface area contributed by atoms with Gasteiger partial charge in [-0.1, -0.05) is 35.3 Å². The lowest BCUT2D eigenvalue weighted by molar-refractivity contribution is -0.139. The highest BCUT2D eigenvalue weighted by Gasteiger charge is 2.35. The second kappa shape index (κ2) is 10.1. The first-order valence-electron chi connectivity index (χ1n) is 9.09. The van der Waals surface area contributed by atoms with Crippen LogP contribution >= 0.6 is 35.0 Å². The fourth-order valence-electron chi connectivity index (χ4n) is 2.77. The average molecular weight is 482 g/mol. The molecule has 7 nitrogen and oxygen atoms in total. The van der Waals surface area contributed by atoms with Crippen LogP contribution in [0.5, 0.6) is 11.5 Å². The number of benzene rings is 2. The molecule has 1 fully saturated rings. The van der Waals surface area contributed by atoms with Gasteiger partial charge in [0.15, 0.2) is 18.1 Å². The van der Waals surface area contributed by atoms with Crippen molar-refractivity contribution in [2.24, 2.45) is 0 Å². The third-order valence-corrected chi connectivity index (χ3v) is 5.78. The summed E-state index contributed by atoms with van der Waals surface area (Å²) in [6.45, 7) is 1.57. The molecule has 1 saturated heterocycles. The van der Waals surface area contributed by atoms with Crippen molar-refractivity contribution in [3.63, 3.8) is 0 Å². The van der Waals surface area contributed by atoms with Gasteiger partial charge in [-0.05, 0) is 54.6 Å². The zero-order valence-corrected chi connectivity index (χ0v) is 18.6. The van der Waals surface area contributed by atoms with Gasteiger partial charge >= 0.3 is 5.97 Å². The third-order valence-electron chi connectivity index (χ3n) is 4.17. The molecule has 0 spiro atoms. The number of hydrogen-bond acceptors (Lipinski definition) is 6. The molecule has 0 radical (unpaired) electrons. The maximum atomic E-state index is 12.8. The molecule has 2 amide bonds. The topological polar surface area (TPSA) is 93.1 Å². The molecule has 1 aliphatic heterocycles. The highest BCUT2D eigenvalue weighted by Crippen LogP contribution is 2.37. The van der Waals surface area contributed by atoms with Crippen molar-refractivity contribution in [2.45, 2.75) is 13.5 Å². The van der Waals surface area contributed by atoms with Crippen LogP contribution in [0.25, 0.3) is 6.08 Å². The predicted octanol–water partition coefficient (Wildman–Crippen LogP) is 5.09. The number of imide groups is 1. The normalized spacial score (nSPS) is 14.9. The monoisotopic (exact) mass is 481 g/mol. The minimum atomic E-state index is -1.11. The summed E-state index contributed by atoms with van der Waals surface area (Å²) in [4.78, 5) is 37.3. The molecule has 1 aliphatic rings. The Labute approximate surface area is 192 Å². The summed E-state index contributed by atoms with van der Waals surface area (Å²) in [7, 11) is 0. The number of thioether (sulfide) groups is 1. The van der Waals surface area contributed by atoms with Gasteiger partial charge in [-0.3, -0.25) is 14.5 Å². The zero-order valence-electron chi connectivity index (χ0n) is 16.3. The minimum absolute atomic E-state index is 0.0350. The minimum Gasteiger partial charge on any atom is -0.490 e. The van der Waals surface area contributed by atoms with Crippen molar-refractivity contribution < 1.29 is 29.0 Å². The number of carbonyl (C=O) groups excluding carboxylic acids is 2. The van der Waals surface area contributed by atoms with Gasteiger partial charge in [-0.2, -0.15) is 0 Å². The van der Waals surface area contributed by atoms with Crippen LogP contribution in [0.4, 0.5) is 4.79 Å². The van der Waals surface area contributed by atoms with Gasteiger partial charge in [0.25, 0.3) is 11.1 Å². The van der Waals surface area contributed by atoms with Crippen LogP contribution in [0.2, 0.25) is 10.0 Å². The van der Waals surface area contributed by atoms with E-state index in [0.29, 0.717) is 33.5 Å². The van der Waals surface area contributed by atoms with Gasteiger partial charge in [-0.25, -0.2) is 4.79 Å². The summed E-state index contributed by atoms with van der Waals surface area (Å²) < 4.78 is 10.7. The van der Waals surface area contributed by atoms with E-state index >= 15 is 0 Å². The number of amides is 2. The fourth-order valence-corrected chi connectivity index (χ4v) is 4.13. The Bertz CT molecular complexity index is 1050. The third kappa shape index (κ3) is 5.52. The van der Waals surface area contributed by atoms with Crippen LogP contribution in [-0.2, 0) is 16.1 Å². The zero-order chi connectivity index (χ0) is 22.5. The molecule has 0 aromatic heterocycles. The fraction of sp³-hybridized carbons (Fsp3) is 0.190. The van der Waals surface area contributed by atoms with Crippen LogP contribution in [0, 0.1) is 0 Å². The summed E-state index contributed by atoms with van der Waals surface area (Å²) in [5, 5.41) is 9.10. The molecular weight excluding hydrogens is 465 g/mol. The second-order valence-electron chi connectivity index (χ2n) is 6.29. The highest BCUT2D eigenvalue weighted by molar-refractivity contribution is 8.18. The number of aliphatic carboxylic acids is 1. The molecule has 2 aromatic rings. The van der Waals surface area contributed by atoms with Crippen molar-refractivity contribution in [1.82, 2.24) is 4.90 Å². The standard InChI is InChI=1S/C21H17Cl2NO6S/c1-2-29-17-8-12(6-7-16(17)30-11-19(25)26)9-18-20(27)24(21(28)31-18)10-13-14(22)4-3-5-15(13)23/h3-9H,2,10-11H2,1H3,(H,25,26)/b18-9+. The quantitative estimate of drug-likeness (QED) is 0.524. The number of carboxylic acid groups (broad SMARTS) is 1. The summed E-state index contributed by atoms with van der Waals surface area (Å²) in [6.07, 6.45) is 1.56. The van der Waals surface area contributed by atoms with Gasteiger partial charge in [0.1, 0.15) is 0 Å². The van der Waals surface area contributed by atoms with E-state index in [2.05, 4.69) is 0 Å². The Kier molecular flexibility index (Phi) is 7.48. The van der Waals surface area contributed by atoms with E-state index in [-0.39, 0.29) is 17.2 Å². The number of nitrogens with zero attached hydrogens (tertiary/aromatic N) is 1. The molecule has 0 aliphatic carbocycles. The van der Waals surface area contributed by atoms with E-state index in [0.717, 1.165) is 16.7 Å². The Hall–Kier alpha value is -2.68. The number of hydrogen-bond donors (Lipinski definition) is 1. The van der Waals surface area contributed by atoms with Crippen molar-refractivity contribution in [3.8, 4) is 11.5 Å². The first-order chi connectivity index (χ1) is 14.8. The summed E-state index contributed by atoms with van der Waals surface area (Å²) >= 11 is 13.1. The van der Waals surface area contributed by atoms with E-state index in [1.54, 1.807) is 49.4 Å². The molecule has 1 heterocycles. The maximum Gasteiger partial charge on any atom is 0.341 e. The molecule has 0 unspecified atom stereocenters. The van der Waals surface area contributed by atoms with E-state index < -0.39 is 23.7 Å². The van der Waals surface area contributed by atoms with Crippen molar-refractivity contribution in [2.75, 3.05) is 13.2 Å². The van der Waals surface area contributed by atoms with Crippen LogP contribution in [-0.4, -0.2) is 40.3 Å². The molecule has 3 rings (SSSR count). The predicted molar refractivity (Wildman–Crippen MR) is 119 cm³/mol. The van der Waals surface area contributed by atoms with E-state index in [4.69, 9.17) is 37.8 Å². The van der Waals surface area contributed by atoms with Crippen LogP contribution in [0.3, 0.4) is 0 Å². The number of carboxylic acids is 1. The number of rotatable bonds is 8. The number of ether oxygens (including phenoxy) is 2. The van der Waals surface area contributed by atoms with E-state index in [9.17, 15) is 14.4 Å². The highest BCUT2D eigenvalue weighted by atomic mass is 35.5. The van der Waals surface area contributed by atoms with Gasteiger partial charge in [0, 0.05) is 15.6 Å². The molecule has 0 saturated carbocycles. The molecular formula is C21H17Cl2NO6S. The molecule has 31 heavy (non-hydrogen) atoms. The summed E-state index contributed by atoms with van der Waals surface area (Å²) in [5.41, 5.74) is 1.08. The lowest BCUT2D eigenvalue weighted by atomic mass is 10.1. The molecule has 0 atom stereocenters. The second-order valence-corrected chi connectivity index (χ2v) is 8.10. The van der Waals surface area contributed by atoms with Crippen molar-refractivity contribution >= 4 is 58.2 Å². The largest absolute Gasteiger partial charge is 0.490 e. The van der Waals surface area contributed by atoms with Crippen molar-refractivity contribution in [3.05, 3.63) is 62.5 Å². The first-order valence-corrected chi connectivity index (χ1v) is 10.7. The lowest BCUT2D eigenvalue weighted by Gasteiger charge is -2.14. The molecule has 1 N–H and O–H groups in total. The Balaban J connectivity index is 1.83. The van der Waals surface area contributed by atoms with Gasteiger partial charge in [0.05, 0.1) is 18.1 Å². The number of halogens is 2. The van der Waals surface area contributed by atoms with Crippen LogP contribution in [0.1, 0.15) is 18.1 Å². The smallest absolute Gasteiger partial charge is 0.341 e. The Morgan fingerprint density at radius 1 is 1.13 bits per heavy atom. The maximum absolute atomic E-state index is 12.8. The van der Waals surface area contributed by atoms with Gasteiger partial charge in [0.2, 0.25) is 0 Å². The van der Waals surface area contributed by atoms with Crippen LogP contribution in [0.15, 0.2) is 41.3 Å². The van der Waals surface area contributed by atoms with Crippen LogP contribution < -0.4 is 9.47 Å². The van der Waals surface area contributed by atoms with E-state index in [1.807, 2.05) is 0 Å². The molecule has 162 valence electrons. The van der Waals surface area contributed by atoms with E-state index in [1.165, 1.54) is 0 Å². The van der Waals surface area contributed by atoms with Gasteiger partial charge < -0.3 is 14.6 Å². The summed E-state index contributed by atoms with van der Waals surface area (Å²) in [6, 6.07) is 9.76. The average Bonchev–Trinajstić information content (AvgIpc) is 2.97. The first kappa shape index (κ1) is 23.0. The molecule has 0 bridgehead atoms. The molecule has 10 heteroatoms. The summed E-state index contributed by atoms with van der Waals surface area (Å²) in [5.74, 6) is -0.976. The van der Waals surface area contributed by atoms with Gasteiger partial charge in [-0.15, -0.1) is 0 Å².